The van der Waals surface area contributed by atoms with Crippen LogP contribution in [0.25, 0.3) is 0 Å². The Morgan fingerprint density at radius 2 is 1.96 bits per heavy atom. The number of hydrogen-bond donors (Lipinski definition) is 0. The van der Waals surface area contributed by atoms with E-state index < -0.39 is 18.2 Å². The Morgan fingerprint density at radius 1 is 1.32 bits per heavy atom. The molecule has 1 aromatic heterocycles. The molecule has 1 saturated heterocycles. The maximum atomic E-state index is 13.0. The number of rotatable bonds is 7. The van der Waals surface area contributed by atoms with Crippen LogP contribution in [-0.2, 0) is 16.0 Å². The van der Waals surface area contributed by atoms with Gasteiger partial charge in [0.25, 0.3) is 5.56 Å². The van der Waals surface area contributed by atoms with Crippen LogP contribution < -0.4 is 5.56 Å². The number of likely N-dealkylation sites (tertiary alicyclic amines) is 1. The summed E-state index contributed by atoms with van der Waals surface area (Å²) in [5.41, 5.74) is 1.95. The van der Waals surface area contributed by atoms with Crippen molar-refractivity contribution in [3.05, 3.63) is 27.2 Å². The van der Waals surface area contributed by atoms with Crippen LogP contribution in [0.15, 0.2) is 4.79 Å². The van der Waals surface area contributed by atoms with E-state index in [1.165, 1.54) is 11.8 Å². The first-order chi connectivity index (χ1) is 11.7. The smallest absolute Gasteiger partial charge is 0.330 e. The second-order valence-corrected chi connectivity index (χ2v) is 7.22. The lowest BCUT2D eigenvalue weighted by molar-refractivity contribution is -0.145. The number of methoxy groups -OCH3 is 1. The molecule has 0 amide bonds. The lowest BCUT2D eigenvalue weighted by Crippen LogP contribution is -2.49. The van der Waals surface area contributed by atoms with Crippen LogP contribution in [0.2, 0.25) is 0 Å². The highest BCUT2D eigenvalue weighted by Crippen LogP contribution is 2.19. The quantitative estimate of drug-likeness (QED) is 0.700. The molecule has 1 aromatic rings. The SMILES string of the molecule is COC(=O)C(CC(C)C)n1nc(CCN2CC(F)C2)c(C)c(C)c1=O. The number of carbonyl (C=O) groups excluding carboxylic acids is 1. The van der Waals surface area contributed by atoms with E-state index >= 15 is 0 Å². The number of carbonyl (C=O) groups is 1. The third-order valence-electron chi connectivity index (χ3n) is 4.79. The molecule has 25 heavy (non-hydrogen) atoms. The van der Waals surface area contributed by atoms with Gasteiger partial charge in [-0.15, -0.1) is 0 Å². The molecule has 2 rings (SSSR count). The number of aromatic nitrogens is 2. The van der Waals surface area contributed by atoms with Gasteiger partial charge in [0.2, 0.25) is 0 Å². The fourth-order valence-electron chi connectivity index (χ4n) is 3.08. The molecule has 140 valence electrons. The van der Waals surface area contributed by atoms with Gasteiger partial charge in [0, 0.05) is 31.6 Å². The molecule has 1 atom stereocenters. The normalized spacial score (nSPS) is 16.8. The highest BCUT2D eigenvalue weighted by molar-refractivity contribution is 5.73. The number of hydrogen-bond acceptors (Lipinski definition) is 5. The van der Waals surface area contributed by atoms with Crippen molar-refractivity contribution in [3.63, 3.8) is 0 Å². The first kappa shape index (κ1) is 19.6. The molecule has 6 nitrogen and oxygen atoms in total. The van der Waals surface area contributed by atoms with Gasteiger partial charge < -0.3 is 4.74 Å². The van der Waals surface area contributed by atoms with E-state index in [0.717, 1.165) is 11.3 Å². The molecule has 0 N–H and O–H groups in total. The molecule has 0 saturated carbocycles. The number of esters is 1. The third kappa shape index (κ3) is 4.45. The summed E-state index contributed by atoms with van der Waals surface area (Å²) in [6, 6.07) is -0.727. The maximum Gasteiger partial charge on any atom is 0.330 e. The van der Waals surface area contributed by atoms with Crippen LogP contribution in [0.5, 0.6) is 0 Å². The summed E-state index contributed by atoms with van der Waals surface area (Å²) in [6.07, 6.45) is 0.367. The minimum Gasteiger partial charge on any atom is -0.467 e. The Labute approximate surface area is 148 Å². The molecule has 1 fully saturated rings. The van der Waals surface area contributed by atoms with E-state index in [1.54, 1.807) is 6.92 Å². The van der Waals surface area contributed by atoms with Crippen molar-refractivity contribution in [2.75, 3.05) is 26.7 Å². The van der Waals surface area contributed by atoms with Gasteiger partial charge in [0.05, 0.1) is 12.8 Å². The molecule has 1 aliphatic heterocycles. The fourth-order valence-corrected chi connectivity index (χ4v) is 3.08. The minimum atomic E-state index is -0.737. The second-order valence-electron chi connectivity index (χ2n) is 7.22. The average Bonchev–Trinajstić information content (AvgIpc) is 2.54. The number of alkyl halides is 1. The Hall–Kier alpha value is -1.76. The van der Waals surface area contributed by atoms with Gasteiger partial charge in [0.1, 0.15) is 6.17 Å². The topological polar surface area (TPSA) is 64.4 Å². The maximum absolute atomic E-state index is 13.0. The zero-order valence-electron chi connectivity index (χ0n) is 15.7. The van der Waals surface area contributed by atoms with Crippen LogP contribution >= 0.6 is 0 Å². The second kappa shape index (κ2) is 8.08. The highest BCUT2D eigenvalue weighted by atomic mass is 19.1. The highest BCUT2D eigenvalue weighted by Gasteiger charge is 2.28. The van der Waals surface area contributed by atoms with Gasteiger partial charge in [-0.2, -0.15) is 5.10 Å². The van der Waals surface area contributed by atoms with Crippen LogP contribution in [0, 0.1) is 19.8 Å². The van der Waals surface area contributed by atoms with Crippen molar-refractivity contribution in [3.8, 4) is 0 Å². The largest absolute Gasteiger partial charge is 0.467 e. The first-order valence-corrected chi connectivity index (χ1v) is 8.77. The van der Waals surface area contributed by atoms with Crippen molar-refractivity contribution >= 4 is 5.97 Å². The van der Waals surface area contributed by atoms with Crippen molar-refractivity contribution in [1.29, 1.82) is 0 Å². The van der Waals surface area contributed by atoms with Crippen molar-refractivity contribution < 1.29 is 13.9 Å². The molecule has 0 aromatic carbocycles. The van der Waals surface area contributed by atoms with E-state index in [0.29, 0.717) is 38.0 Å². The van der Waals surface area contributed by atoms with Gasteiger partial charge in [-0.05, 0) is 31.7 Å². The lowest BCUT2D eigenvalue weighted by atomic mass is 10.0. The molecular weight excluding hydrogens is 325 g/mol. The van der Waals surface area contributed by atoms with E-state index in [1.807, 2.05) is 25.7 Å². The summed E-state index contributed by atoms with van der Waals surface area (Å²) < 4.78 is 19.1. The number of nitrogens with zero attached hydrogens (tertiary/aromatic N) is 3. The van der Waals surface area contributed by atoms with Crippen molar-refractivity contribution in [1.82, 2.24) is 14.7 Å². The summed E-state index contributed by atoms with van der Waals surface area (Å²) in [5, 5.41) is 4.49. The van der Waals surface area contributed by atoms with Gasteiger partial charge in [-0.3, -0.25) is 9.69 Å². The Bertz CT molecular complexity index is 681. The van der Waals surface area contributed by atoms with Crippen molar-refractivity contribution in [2.24, 2.45) is 5.92 Å². The van der Waals surface area contributed by atoms with Gasteiger partial charge in [0.15, 0.2) is 6.04 Å². The van der Waals surface area contributed by atoms with Gasteiger partial charge >= 0.3 is 5.97 Å². The zero-order valence-corrected chi connectivity index (χ0v) is 15.7. The Morgan fingerprint density at radius 3 is 2.48 bits per heavy atom. The van der Waals surface area contributed by atoms with E-state index in [9.17, 15) is 14.0 Å². The fraction of sp³-hybridized carbons (Fsp3) is 0.722. The summed E-state index contributed by atoms with van der Waals surface area (Å²) >= 11 is 0. The molecule has 0 bridgehead atoms. The Balaban J connectivity index is 2.32. The molecule has 7 heteroatoms. The molecular formula is C18H28FN3O3. The third-order valence-corrected chi connectivity index (χ3v) is 4.79. The molecule has 2 heterocycles. The summed E-state index contributed by atoms with van der Waals surface area (Å²) in [7, 11) is 1.32. The van der Waals surface area contributed by atoms with Gasteiger partial charge in [-0.25, -0.2) is 13.9 Å². The van der Waals surface area contributed by atoms with E-state index in [2.05, 4.69) is 5.10 Å². The molecule has 0 spiro atoms. The zero-order chi connectivity index (χ0) is 18.7. The summed E-state index contributed by atoms with van der Waals surface area (Å²) in [4.78, 5) is 26.9. The number of halogens is 1. The lowest BCUT2D eigenvalue weighted by Gasteiger charge is -2.34. The van der Waals surface area contributed by atoms with Crippen LogP contribution in [0.4, 0.5) is 4.39 Å². The average molecular weight is 353 g/mol. The van der Waals surface area contributed by atoms with Crippen LogP contribution in [0.1, 0.15) is 43.1 Å². The predicted molar refractivity (Wildman–Crippen MR) is 93.5 cm³/mol. The molecule has 1 aliphatic rings. The summed E-state index contributed by atoms with van der Waals surface area (Å²) in [5.74, 6) is -0.244. The monoisotopic (exact) mass is 353 g/mol. The molecule has 0 radical (unpaired) electrons. The molecule has 1 unspecified atom stereocenters. The van der Waals surface area contributed by atoms with E-state index in [4.69, 9.17) is 4.74 Å². The van der Waals surface area contributed by atoms with Crippen LogP contribution in [0.3, 0.4) is 0 Å². The summed E-state index contributed by atoms with van der Waals surface area (Å²) in [6.45, 7) is 9.20. The number of ether oxygens (including phenoxy) is 1. The molecule has 0 aliphatic carbocycles. The van der Waals surface area contributed by atoms with Gasteiger partial charge in [-0.1, -0.05) is 13.8 Å². The first-order valence-electron chi connectivity index (χ1n) is 8.77. The van der Waals surface area contributed by atoms with Crippen molar-refractivity contribution in [2.45, 2.75) is 52.8 Å². The minimum absolute atomic E-state index is 0.213. The standard InChI is InChI=1S/C18H28FN3O3/c1-11(2)8-16(18(24)25-5)22-17(23)13(4)12(3)15(20-22)6-7-21-9-14(19)10-21/h11,14,16H,6-10H2,1-5H3. The van der Waals surface area contributed by atoms with E-state index in [-0.39, 0.29) is 11.5 Å². The van der Waals surface area contributed by atoms with Crippen LogP contribution in [-0.4, -0.2) is 53.6 Å². The predicted octanol–water partition coefficient (Wildman–Crippen LogP) is 1.82. The Kier molecular flexibility index (Phi) is 6.32.